The molecule has 1 rings (SSSR count). The Morgan fingerprint density at radius 1 is 1.06 bits per heavy atom. The first-order valence-corrected chi connectivity index (χ1v) is 5.94. The van der Waals surface area contributed by atoms with E-state index in [1.165, 1.54) is 12.1 Å². The van der Waals surface area contributed by atoms with Gasteiger partial charge in [-0.3, -0.25) is 0 Å². The number of hydrogen-bond acceptors (Lipinski definition) is 1. The number of aliphatic hydroxyl groups excluding tert-OH is 1. The van der Waals surface area contributed by atoms with Crippen LogP contribution in [0.25, 0.3) is 0 Å². The third-order valence-electron chi connectivity index (χ3n) is 3.10. The van der Waals surface area contributed by atoms with Crippen LogP contribution in [-0.2, 0) is 6.18 Å². The van der Waals surface area contributed by atoms with Crippen molar-refractivity contribution in [2.24, 2.45) is 5.41 Å². The Labute approximate surface area is 106 Å². The van der Waals surface area contributed by atoms with Gasteiger partial charge in [-0.25, -0.2) is 0 Å². The number of hydrogen-bond donors (Lipinski definition) is 1. The summed E-state index contributed by atoms with van der Waals surface area (Å²) in [7, 11) is 0. The van der Waals surface area contributed by atoms with Gasteiger partial charge in [0, 0.05) is 6.61 Å². The molecule has 0 amide bonds. The van der Waals surface area contributed by atoms with Gasteiger partial charge in [0.05, 0.1) is 5.56 Å². The second kappa shape index (κ2) is 5.31. The second-order valence-electron chi connectivity index (χ2n) is 5.55. The summed E-state index contributed by atoms with van der Waals surface area (Å²) in [4.78, 5) is 0. The average molecular weight is 260 g/mol. The van der Waals surface area contributed by atoms with E-state index in [2.05, 4.69) is 0 Å². The van der Waals surface area contributed by atoms with E-state index >= 15 is 0 Å². The van der Waals surface area contributed by atoms with Gasteiger partial charge in [-0.2, -0.15) is 13.2 Å². The van der Waals surface area contributed by atoms with Gasteiger partial charge in [0.25, 0.3) is 0 Å². The van der Waals surface area contributed by atoms with Crippen molar-refractivity contribution in [1.82, 2.24) is 0 Å². The summed E-state index contributed by atoms with van der Waals surface area (Å²) in [5.41, 5.74) is 0.107. The molecule has 1 atom stereocenters. The number of aliphatic hydroxyl groups is 1. The molecule has 1 N–H and O–H groups in total. The fourth-order valence-corrected chi connectivity index (χ4v) is 2.13. The molecule has 1 aromatic carbocycles. The zero-order valence-corrected chi connectivity index (χ0v) is 10.9. The molecule has 18 heavy (non-hydrogen) atoms. The summed E-state index contributed by atoms with van der Waals surface area (Å²) >= 11 is 0. The van der Waals surface area contributed by atoms with Gasteiger partial charge >= 0.3 is 6.18 Å². The largest absolute Gasteiger partial charge is 0.416 e. The van der Waals surface area contributed by atoms with E-state index < -0.39 is 11.7 Å². The van der Waals surface area contributed by atoms with Crippen molar-refractivity contribution in [2.45, 2.75) is 39.3 Å². The Hall–Kier alpha value is -1.03. The average Bonchev–Trinajstić information content (AvgIpc) is 2.23. The summed E-state index contributed by atoms with van der Waals surface area (Å²) in [5.74, 6) is 0.0461. The third kappa shape index (κ3) is 3.73. The monoisotopic (exact) mass is 260 g/mol. The van der Waals surface area contributed by atoms with Crippen molar-refractivity contribution in [3.05, 3.63) is 35.4 Å². The Morgan fingerprint density at radius 2 is 1.56 bits per heavy atom. The molecular weight excluding hydrogens is 241 g/mol. The molecule has 0 bridgehead atoms. The van der Waals surface area contributed by atoms with E-state index in [1.807, 2.05) is 20.8 Å². The minimum Gasteiger partial charge on any atom is -0.396 e. The van der Waals surface area contributed by atoms with Crippen LogP contribution in [0.4, 0.5) is 13.2 Å². The van der Waals surface area contributed by atoms with Gasteiger partial charge in [0.1, 0.15) is 0 Å². The van der Waals surface area contributed by atoms with Crippen LogP contribution in [0.2, 0.25) is 0 Å². The van der Waals surface area contributed by atoms with Crippen molar-refractivity contribution in [3.63, 3.8) is 0 Å². The maximum atomic E-state index is 12.5. The summed E-state index contributed by atoms with van der Waals surface area (Å²) in [5, 5.41) is 9.07. The molecule has 4 heteroatoms. The van der Waals surface area contributed by atoms with Crippen molar-refractivity contribution < 1.29 is 18.3 Å². The molecule has 0 aliphatic carbocycles. The minimum atomic E-state index is -4.30. The zero-order valence-electron chi connectivity index (χ0n) is 10.9. The summed E-state index contributed by atoms with van der Waals surface area (Å²) in [6.07, 6.45) is -3.75. The molecule has 0 saturated heterocycles. The highest BCUT2D eigenvalue weighted by molar-refractivity contribution is 5.28. The van der Waals surface area contributed by atoms with Gasteiger partial charge in [0.15, 0.2) is 0 Å². The van der Waals surface area contributed by atoms with Gasteiger partial charge in [-0.15, -0.1) is 0 Å². The summed E-state index contributed by atoms with van der Waals surface area (Å²) in [6, 6.07) is 5.22. The molecule has 0 radical (unpaired) electrons. The van der Waals surface area contributed by atoms with Crippen molar-refractivity contribution >= 4 is 0 Å². The molecule has 102 valence electrons. The van der Waals surface area contributed by atoms with Gasteiger partial charge in [-0.1, -0.05) is 32.9 Å². The predicted octanol–water partition coefficient (Wildman–Crippen LogP) is 4.22. The zero-order chi connectivity index (χ0) is 14.0. The molecule has 0 heterocycles. The Kier molecular flexibility index (Phi) is 4.43. The van der Waals surface area contributed by atoms with Crippen LogP contribution in [0.15, 0.2) is 24.3 Å². The molecular formula is C14H19F3O. The Balaban J connectivity index is 3.02. The molecule has 0 fully saturated rings. The van der Waals surface area contributed by atoms with Crippen LogP contribution in [-0.4, -0.2) is 11.7 Å². The van der Waals surface area contributed by atoms with Gasteiger partial charge < -0.3 is 5.11 Å². The molecule has 0 saturated carbocycles. The van der Waals surface area contributed by atoms with Crippen LogP contribution in [0.5, 0.6) is 0 Å². The van der Waals surface area contributed by atoms with Crippen LogP contribution in [0.3, 0.4) is 0 Å². The van der Waals surface area contributed by atoms with Gasteiger partial charge in [0.2, 0.25) is 0 Å². The molecule has 1 unspecified atom stereocenters. The maximum Gasteiger partial charge on any atom is 0.416 e. The van der Waals surface area contributed by atoms with E-state index in [-0.39, 0.29) is 17.9 Å². The smallest absolute Gasteiger partial charge is 0.396 e. The van der Waals surface area contributed by atoms with Crippen molar-refractivity contribution in [1.29, 1.82) is 0 Å². The van der Waals surface area contributed by atoms with E-state index in [9.17, 15) is 13.2 Å². The standard InChI is InChI=1S/C14H19F3O/c1-13(2,3)12(8-9-18)10-4-6-11(7-5-10)14(15,16)17/h4-7,12,18H,8-9H2,1-3H3. The van der Waals surface area contributed by atoms with Crippen LogP contribution < -0.4 is 0 Å². The van der Waals surface area contributed by atoms with Crippen LogP contribution in [0.1, 0.15) is 44.2 Å². The van der Waals surface area contributed by atoms with Crippen molar-refractivity contribution in [2.75, 3.05) is 6.61 Å². The number of rotatable bonds is 3. The number of halogens is 3. The number of alkyl halides is 3. The van der Waals surface area contributed by atoms with E-state index in [0.717, 1.165) is 17.7 Å². The maximum absolute atomic E-state index is 12.5. The molecule has 1 nitrogen and oxygen atoms in total. The molecule has 0 aromatic heterocycles. The van der Waals surface area contributed by atoms with E-state index in [1.54, 1.807) is 0 Å². The molecule has 0 aliphatic heterocycles. The SMILES string of the molecule is CC(C)(C)C(CCO)c1ccc(C(F)(F)F)cc1. The molecule has 0 spiro atoms. The summed E-state index contributed by atoms with van der Waals surface area (Å²) in [6.45, 7) is 6.09. The highest BCUT2D eigenvalue weighted by atomic mass is 19.4. The summed E-state index contributed by atoms with van der Waals surface area (Å²) < 4.78 is 37.4. The Bertz CT molecular complexity index is 374. The Morgan fingerprint density at radius 3 is 1.89 bits per heavy atom. The van der Waals surface area contributed by atoms with Crippen LogP contribution >= 0.6 is 0 Å². The quantitative estimate of drug-likeness (QED) is 0.862. The fraction of sp³-hybridized carbons (Fsp3) is 0.571. The topological polar surface area (TPSA) is 20.2 Å². The molecule has 1 aromatic rings. The molecule has 0 aliphatic rings. The van der Waals surface area contributed by atoms with Crippen LogP contribution in [0, 0.1) is 5.41 Å². The third-order valence-corrected chi connectivity index (χ3v) is 3.10. The lowest BCUT2D eigenvalue weighted by Crippen LogP contribution is -2.20. The minimum absolute atomic E-state index is 0.0307. The first-order valence-electron chi connectivity index (χ1n) is 5.94. The van der Waals surface area contributed by atoms with E-state index in [4.69, 9.17) is 5.11 Å². The lowest BCUT2D eigenvalue weighted by atomic mass is 9.75. The highest BCUT2D eigenvalue weighted by Gasteiger charge is 2.31. The predicted molar refractivity (Wildman–Crippen MR) is 65.3 cm³/mol. The second-order valence-corrected chi connectivity index (χ2v) is 5.55. The highest BCUT2D eigenvalue weighted by Crippen LogP contribution is 2.38. The fourth-order valence-electron chi connectivity index (χ4n) is 2.13. The van der Waals surface area contributed by atoms with E-state index in [0.29, 0.717) is 6.42 Å². The normalized spacial score (nSPS) is 14.6. The lowest BCUT2D eigenvalue weighted by Gasteiger charge is -2.31. The lowest BCUT2D eigenvalue weighted by molar-refractivity contribution is -0.137. The number of benzene rings is 1. The first kappa shape index (κ1) is 15.0. The first-order chi connectivity index (χ1) is 8.16. The van der Waals surface area contributed by atoms with Crippen molar-refractivity contribution in [3.8, 4) is 0 Å². The van der Waals surface area contributed by atoms with Gasteiger partial charge in [-0.05, 0) is 35.4 Å².